The van der Waals surface area contributed by atoms with Gasteiger partial charge in [-0.05, 0) is 11.1 Å². The van der Waals surface area contributed by atoms with Crippen LogP contribution in [0.4, 0.5) is 0 Å². The van der Waals surface area contributed by atoms with Gasteiger partial charge in [-0.2, -0.15) is 0 Å². The third kappa shape index (κ3) is 9.28. The second kappa shape index (κ2) is 14.3. The molecule has 0 aliphatic rings. The summed E-state index contributed by atoms with van der Waals surface area (Å²) in [6, 6.07) is 17.3. The van der Waals surface area contributed by atoms with Gasteiger partial charge in [0.25, 0.3) is 0 Å². The van der Waals surface area contributed by atoms with Crippen molar-refractivity contribution in [3.8, 4) is 0 Å². The number of benzene rings is 2. The molecule has 0 spiro atoms. The number of hydrogen-bond acceptors (Lipinski definition) is 6. The van der Waals surface area contributed by atoms with E-state index in [-0.39, 0.29) is 25.0 Å². The van der Waals surface area contributed by atoms with Crippen LogP contribution in [0.1, 0.15) is 49.9 Å². The quantitative estimate of drug-likeness (QED) is 0.367. The highest BCUT2D eigenvalue weighted by molar-refractivity contribution is 5.91. The molecule has 2 rings (SSSR count). The summed E-state index contributed by atoms with van der Waals surface area (Å²) >= 11 is 0. The fraction of sp³-hybridized carbons (Fsp3) is 0.308. The normalized spacial score (nSPS) is 12.4. The molecule has 0 bridgehead atoms. The summed E-state index contributed by atoms with van der Waals surface area (Å²) in [5.41, 5.74) is 1.59. The molecule has 8 heteroatoms. The van der Waals surface area contributed by atoms with Crippen molar-refractivity contribution in [2.75, 3.05) is 13.2 Å². The lowest BCUT2D eigenvalue weighted by molar-refractivity contribution is -0.141. The lowest BCUT2D eigenvalue weighted by Gasteiger charge is -2.19. The first-order valence-electron chi connectivity index (χ1n) is 11.1. The largest absolute Gasteiger partial charge is 0.460 e. The molecule has 0 aliphatic heterocycles. The number of rotatable bonds is 12. The number of hydrogen-bond donors (Lipinski definition) is 2. The van der Waals surface area contributed by atoms with E-state index in [4.69, 9.17) is 9.47 Å². The molecule has 0 heterocycles. The number of ether oxygens (including phenoxy) is 2. The SMILES string of the molecule is CCC(=O)N[C@H](COC(=O)/C=C/C(=O)OC[C@@H](NC(=O)CC)c1ccccc1)c1ccccc1. The molecule has 2 amide bonds. The fourth-order valence-electron chi connectivity index (χ4n) is 2.97. The Morgan fingerprint density at radius 1 is 0.676 bits per heavy atom. The Hall–Kier alpha value is -3.94. The Morgan fingerprint density at radius 2 is 1.03 bits per heavy atom. The minimum atomic E-state index is -0.748. The lowest BCUT2D eigenvalue weighted by Crippen LogP contribution is -2.31. The predicted octanol–water partition coefficient (Wildman–Crippen LogP) is 3.16. The summed E-state index contributed by atoms with van der Waals surface area (Å²) in [5.74, 6) is -1.84. The van der Waals surface area contributed by atoms with Crippen LogP contribution in [0.2, 0.25) is 0 Å². The van der Waals surface area contributed by atoms with Crippen LogP contribution in [-0.4, -0.2) is 37.0 Å². The van der Waals surface area contributed by atoms with Crippen LogP contribution in [0.5, 0.6) is 0 Å². The number of nitrogens with one attached hydrogen (secondary N) is 2. The standard InChI is InChI=1S/C26H30N2O6/c1-3-23(29)27-21(19-11-7-5-8-12-19)17-33-25(31)15-16-26(32)34-18-22(28-24(30)4-2)20-13-9-6-10-14-20/h5-16,21-22H,3-4,17-18H2,1-2H3,(H,27,29)(H,28,30)/b16-15+/t21-,22-/m1/s1. The van der Waals surface area contributed by atoms with Gasteiger partial charge in [-0.1, -0.05) is 74.5 Å². The molecule has 2 N–H and O–H groups in total. The molecule has 34 heavy (non-hydrogen) atoms. The Balaban J connectivity index is 1.89. The lowest BCUT2D eigenvalue weighted by atomic mass is 10.1. The number of carbonyl (C=O) groups is 4. The van der Waals surface area contributed by atoms with Gasteiger partial charge >= 0.3 is 11.9 Å². The zero-order valence-corrected chi connectivity index (χ0v) is 19.4. The van der Waals surface area contributed by atoms with Crippen LogP contribution in [-0.2, 0) is 28.7 Å². The van der Waals surface area contributed by atoms with Crippen LogP contribution in [0.15, 0.2) is 72.8 Å². The molecule has 0 unspecified atom stereocenters. The van der Waals surface area contributed by atoms with Gasteiger partial charge in [0.05, 0.1) is 12.1 Å². The van der Waals surface area contributed by atoms with E-state index in [1.54, 1.807) is 13.8 Å². The van der Waals surface area contributed by atoms with Crippen molar-refractivity contribution in [2.24, 2.45) is 0 Å². The van der Waals surface area contributed by atoms with Gasteiger partial charge in [-0.25, -0.2) is 9.59 Å². The van der Waals surface area contributed by atoms with Gasteiger partial charge in [0.2, 0.25) is 11.8 Å². The predicted molar refractivity (Wildman–Crippen MR) is 126 cm³/mol. The first-order valence-corrected chi connectivity index (χ1v) is 11.1. The molecule has 0 aromatic heterocycles. The van der Waals surface area contributed by atoms with Crippen molar-refractivity contribution in [3.05, 3.63) is 83.9 Å². The van der Waals surface area contributed by atoms with Gasteiger partial charge < -0.3 is 20.1 Å². The first kappa shape index (κ1) is 26.3. The van der Waals surface area contributed by atoms with Crippen molar-refractivity contribution in [2.45, 2.75) is 38.8 Å². The van der Waals surface area contributed by atoms with Crippen molar-refractivity contribution >= 4 is 23.8 Å². The minimum Gasteiger partial charge on any atom is -0.460 e. The molecular formula is C26H30N2O6. The minimum absolute atomic E-state index is 0.0902. The van der Waals surface area contributed by atoms with Crippen molar-refractivity contribution in [1.29, 1.82) is 0 Å². The average molecular weight is 467 g/mol. The van der Waals surface area contributed by atoms with Crippen LogP contribution in [0.3, 0.4) is 0 Å². The van der Waals surface area contributed by atoms with E-state index in [9.17, 15) is 19.2 Å². The number of carbonyl (C=O) groups excluding carboxylic acids is 4. The summed E-state index contributed by atoms with van der Waals surface area (Å²) in [6.45, 7) is 3.28. The molecule has 0 aliphatic carbocycles. The van der Waals surface area contributed by atoms with Crippen LogP contribution in [0, 0.1) is 0 Å². The van der Waals surface area contributed by atoms with Gasteiger partial charge in [0, 0.05) is 25.0 Å². The first-order chi connectivity index (χ1) is 16.4. The molecule has 0 radical (unpaired) electrons. The number of amides is 2. The Labute approximate surface area is 199 Å². The van der Waals surface area contributed by atoms with Crippen molar-refractivity contribution in [3.63, 3.8) is 0 Å². The molecule has 0 saturated heterocycles. The number of esters is 2. The molecule has 0 fully saturated rings. The second-order valence-electron chi connectivity index (χ2n) is 7.36. The van der Waals surface area contributed by atoms with Crippen LogP contribution < -0.4 is 10.6 Å². The van der Waals surface area contributed by atoms with Gasteiger partial charge in [0.15, 0.2) is 0 Å². The maximum Gasteiger partial charge on any atom is 0.331 e. The third-order valence-corrected chi connectivity index (χ3v) is 4.86. The highest BCUT2D eigenvalue weighted by Crippen LogP contribution is 2.15. The van der Waals surface area contributed by atoms with E-state index < -0.39 is 24.0 Å². The summed E-state index contributed by atoms with van der Waals surface area (Å²) in [6.07, 6.45) is 2.53. The molecule has 2 aromatic carbocycles. The molecule has 2 aromatic rings. The monoisotopic (exact) mass is 466 g/mol. The van der Waals surface area contributed by atoms with Crippen molar-refractivity contribution < 1.29 is 28.7 Å². The molecular weight excluding hydrogens is 436 g/mol. The van der Waals surface area contributed by atoms with Gasteiger partial charge in [-0.3, -0.25) is 9.59 Å². The maximum atomic E-state index is 12.1. The Kier molecular flexibility index (Phi) is 11.0. The second-order valence-corrected chi connectivity index (χ2v) is 7.36. The molecule has 2 atom stereocenters. The zero-order valence-electron chi connectivity index (χ0n) is 19.4. The summed E-state index contributed by atoms with van der Waals surface area (Å²) in [7, 11) is 0. The molecule has 0 saturated carbocycles. The zero-order chi connectivity index (χ0) is 24.8. The molecule has 180 valence electrons. The highest BCUT2D eigenvalue weighted by atomic mass is 16.5. The smallest absolute Gasteiger partial charge is 0.331 e. The summed E-state index contributed by atoms with van der Waals surface area (Å²) < 4.78 is 10.4. The summed E-state index contributed by atoms with van der Waals surface area (Å²) in [4.78, 5) is 47.8. The Bertz CT molecular complexity index is 896. The van der Waals surface area contributed by atoms with E-state index in [1.807, 2.05) is 60.7 Å². The maximum absolute atomic E-state index is 12.1. The summed E-state index contributed by atoms with van der Waals surface area (Å²) in [5, 5.41) is 5.61. The topological polar surface area (TPSA) is 111 Å². The Morgan fingerprint density at radius 3 is 1.35 bits per heavy atom. The van der Waals surface area contributed by atoms with E-state index in [2.05, 4.69) is 10.6 Å². The van der Waals surface area contributed by atoms with Crippen LogP contribution >= 0.6 is 0 Å². The van der Waals surface area contributed by atoms with Crippen molar-refractivity contribution in [1.82, 2.24) is 10.6 Å². The average Bonchev–Trinajstić information content (AvgIpc) is 2.88. The fourth-order valence-corrected chi connectivity index (χ4v) is 2.97. The highest BCUT2D eigenvalue weighted by Gasteiger charge is 2.17. The van der Waals surface area contributed by atoms with E-state index in [1.165, 1.54) is 0 Å². The van der Waals surface area contributed by atoms with E-state index in [0.29, 0.717) is 12.8 Å². The van der Waals surface area contributed by atoms with Gasteiger partial charge in [0.1, 0.15) is 13.2 Å². The van der Waals surface area contributed by atoms with Crippen LogP contribution in [0.25, 0.3) is 0 Å². The van der Waals surface area contributed by atoms with Gasteiger partial charge in [-0.15, -0.1) is 0 Å². The molecule has 8 nitrogen and oxygen atoms in total. The van der Waals surface area contributed by atoms with E-state index >= 15 is 0 Å². The van der Waals surface area contributed by atoms with E-state index in [0.717, 1.165) is 23.3 Å². The third-order valence-electron chi connectivity index (χ3n) is 4.86.